The predicted octanol–water partition coefficient (Wildman–Crippen LogP) is 5.92. The van der Waals surface area contributed by atoms with Crippen molar-refractivity contribution in [2.75, 3.05) is 13.7 Å². The van der Waals surface area contributed by atoms with Gasteiger partial charge in [0.1, 0.15) is 18.1 Å². The number of alkyl halides is 3. The molecule has 0 unspecified atom stereocenters. The molecule has 0 saturated heterocycles. The van der Waals surface area contributed by atoms with Crippen molar-refractivity contribution < 1.29 is 36.9 Å². The zero-order valence-corrected chi connectivity index (χ0v) is 21.3. The summed E-state index contributed by atoms with van der Waals surface area (Å²) in [6.45, 7) is 7.42. The van der Waals surface area contributed by atoms with E-state index in [1.807, 2.05) is 6.92 Å². The summed E-state index contributed by atoms with van der Waals surface area (Å²) < 4.78 is 60.7. The fourth-order valence-electron chi connectivity index (χ4n) is 3.38. The van der Waals surface area contributed by atoms with E-state index >= 15 is 0 Å². The van der Waals surface area contributed by atoms with Crippen LogP contribution in [0.15, 0.2) is 48.7 Å². The van der Waals surface area contributed by atoms with Gasteiger partial charge in [-0.15, -0.1) is 0 Å². The van der Waals surface area contributed by atoms with Gasteiger partial charge >= 0.3 is 12.1 Å². The number of aryl methyl sites for hydroxylation is 1. The van der Waals surface area contributed by atoms with E-state index in [2.05, 4.69) is 9.97 Å². The van der Waals surface area contributed by atoms with Crippen molar-refractivity contribution in [2.45, 2.75) is 52.7 Å². The first-order valence-corrected chi connectivity index (χ1v) is 11.6. The average Bonchev–Trinajstić information content (AvgIpc) is 2.84. The molecule has 0 N–H and O–H groups in total. The third-order valence-corrected chi connectivity index (χ3v) is 5.38. The number of hydrogen-bond donors (Lipinski definition) is 0. The summed E-state index contributed by atoms with van der Waals surface area (Å²) in [7, 11) is 1.52. The molecule has 0 radical (unpaired) electrons. The number of carbonyl (C=O) groups excluding carboxylic acids is 1. The number of nitrogens with zero attached hydrogens (tertiary/aromatic N) is 2. The van der Waals surface area contributed by atoms with E-state index in [1.165, 1.54) is 19.2 Å². The van der Waals surface area contributed by atoms with Gasteiger partial charge in [0.05, 0.1) is 24.5 Å². The maximum absolute atomic E-state index is 12.9. The molecule has 198 valence electrons. The smallest absolute Gasteiger partial charge is 0.416 e. The van der Waals surface area contributed by atoms with Crippen LogP contribution in [0.1, 0.15) is 43.2 Å². The van der Waals surface area contributed by atoms with Gasteiger partial charge in [0, 0.05) is 24.4 Å². The number of aromatic nitrogens is 2. The lowest BCUT2D eigenvalue weighted by atomic mass is 10.1. The molecule has 0 fully saturated rings. The molecule has 0 aliphatic rings. The highest BCUT2D eigenvalue weighted by molar-refractivity contribution is 5.79. The number of ether oxygens (including phenoxy) is 4. The molecule has 2 aromatic carbocycles. The number of carbonyl (C=O) groups is 1. The standard InChI is InChI=1S/C27H29F3N2O5/c1-6-35-25(33)26(3,4)37-23-12-11-21(13-17(23)2)36-15-19-14-31-24(32-22(19)16-34-5)18-7-9-20(10-8-18)27(28,29)30/h7-14H,6,15-16H2,1-5H3. The highest BCUT2D eigenvalue weighted by Gasteiger charge is 2.32. The van der Waals surface area contributed by atoms with Crippen molar-refractivity contribution in [3.63, 3.8) is 0 Å². The highest BCUT2D eigenvalue weighted by atomic mass is 19.4. The van der Waals surface area contributed by atoms with Crippen molar-refractivity contribution >= 4 is 5.97 Å². The van der Waals surface area contributed by atoms with Crippen LogP contribution in [0, 0.1) is 6.92 Å². The second-order valence-corrected chi connectivity index (χ2v) is 8.72. The van der Waals surface area contributed by atoms with E-state index < -0.39 is 23.3 Å². The molecule has 0 bridgehead atoms. The van der Waals surface area contributed by atoms with Gasteiger partial charge in [0.15, 0.2) is 11.4 Å². The van der Waals surface area contributed by atoms with E-state index in [-0.39, 0.29) is 25.6 Å². The maximum atomic E-state index is 12.9. The van der Waals surface area contributed by atoms with Gasteiger partial charge in [-0.2, -0.15) is 13.2 Å². The zero-order chi connectivity index (χ0) is 27.2. The van der Waals surface area contributed by atoms with E-state index in [1.54, 1.807) is 45.2 Å². The molecular formula is C27H29F3N2O5. The molecule has 0 amide bonds. The SMILES string of the molecule is CCOC(=O)C(C)(C)Oc1ccc(OCc2cnc(-c3ccc(C(F)(F)F)cc3)nc2COC)cc1C. The third kappa shape index (κ3) is 7.19. The summed E-state index contributed by atoms with van der Waals surface area (Å²) >= 11 is 0. The summed E-state index contributed by atoms with van der Waals surface area (Å²) in [5.74, 6) is 0.912. The quantitative estimate of drug-likeness (QED) is 0.309. The number of benzene rings is 2. The van der Waals surface area contributed by atoms with Gasteiger partial charge in [0.2, 0.25) is 0 Å². The van der Waals surface area contributed by atoms with Crippen LogP contribution < -0.4 is 9.47 Å². The number of halogens is 3. The molecule has 0 saturated carbocycles. The first kappa shape index (κ1) is 27.9. The lowest BCUT2D eigenvalue weighted by Crippen LogP contribution is -2.39. The third-order valence-electron chi connectivity index (χ3n) is 5.38. The van der Waals surface area contributed by atoms with Crippen LogP contribution in [0.5, 0.6) is 11.5 Å². The van der Waals surface area contributed by atoms with Crippen LogP contribution >= 0.6 is 0 Å². The van der Waals surface area contributed by atoms with Crippen LogP contribution in [0.25, 0.3) is 11.4 Å². The lowest BCUT2D eigenvalue weighted by molar-refractivity contribution is -0.158. The second kappa shape index (κ2) is 11.6. The Morgan fingerprint density at radius 3 is 2.32 bits per heavy atom. The van der Waals surface area contributed by atoms with Crippen LogP contribution in [-0.4, -0.2) is 35.3 Å². The molecule has 0 aliphatic carbocycles. The minimum absolute atomic E-state index is 0.139. The van der Waals surface area contributed by atoms with E-state index in [4.69, 9.17) is 18.9 Å². The first-order chi connectivity index (χ1) is 17.4. The molecule has 10 heteroatoms. The second-order valence-electron chi connectivity index (χ2n) is 8.72. The Balaban J connectivity index is 1.73. The fraction of sp³-hybridized carbons (Fsp3) is 0.370. The van der Waals surface area contributed by atoms with Crippen LogP contribution in [0.3, 0.4) is 0 Å². The Morgan fingerprint density at radius 2 is 1.73 bits per heavy atom. The molecule has 3 aromatic rings. The predicted molar refractivity (Wildman–Crippen MR) is 130 cm³/mol. The molecular weight excluding hydrogens is 489 g/mol. The Morgan fingerprint density at radius 1 is 1.03 bits per heavy atom. The van der Waals surface area contributed by atoms with Crippen LogP contribution in [-0.2, 0) is 33.7 Å². The summed E-state index contributed by atoms with van der Waals surface area (Å²) in [5.41, 5.74) is 0.550. The average molecular weight is 519 g/mol. The topological polar surface area (TPSA) is 79.8 Å². The molecule has 0 atom stereocenters. The Labute approximate surface area is 213 Å². The summed E-state index contributed by atoms with van der Waals surface area (Å²) in [6, 6.07) is 9.87. The van der Waals surface area contributed by atoms with Gasteiger partial charge in [-0.3, -0.25) is 0 Å². The van der Waals surface area contributed by atoms with Crippen molar-refractivity contribution in [1.82, 2.24) is 9.97 Å². The summed E-state index contributed by atoms with van der Waals surface area (Å²) in [4.78, 5) is 20.9. The summed E-state index contributed by atoms with van der Waals surface area (Å²) in [6.07, 6.45) is -2.85. The zero-order valence-electron chi connectivity index (χ0n) is 21.3. The van der Waals surface area contributed by atoms with Gasteiger partial charge in [-0.1, -0.05) is 12.1 Å². The van der Waals surface area contributed by atoms with Crippen LogP contribution in [0.2, 0.25) is 0 Å². The molecule has 7 nitrogen and oxygen atoms in total. The largest absolute Gasteiger partial charge is 0.489 e. The van der Waals surface area contributed by atoms with Crippen LogP contribution in [0.4, 0.5) is 13.2 Å². The van der Waals surface area contributed by atoms with Gasteiger partial charge in [-0.05, 0) is 63.6 Å². The molecule has 0 spiro atoms. The molecule has 1 aromatic heterocycles. The van der Waals surface area contributed by atoms with E-state index in [0.717, 1.165) is 17.7 Å². The Bertz CT molecular complexity index is 1230. The molecule has 3 rings (SSSR count). The number of methoxy groups -OCH3 is 1. The van der Waals surface area contributed by atoms with Gasteiger partial charge < -0.3 is 18.9 Å². The van der Waals surface area contributed by atoms with Crippen molar-refractivity contribution in [1.29, 1.82) is 0 Å². The van der Waals surface area contributed by atoms with Crippen molar-refractivity contribution in [2.24, 2.45) is 0 Å². The minimum Gasteiger partial charge on any atom is -0.489 e. The number of rotatable bonds is 10. The number of hydrogen-bond acceptors (Lipinski definition) is 7. The molecule has 0 aliphatic heterocycles. The summed E-state index contributed by atoms with van der Waals surface area (Å²) in [5, 5.41) is 0. The fourth-order valence-corrected chi connectivity index (χ4v) is 3.38. The van der Waals surface area contributed by atoms with E-state index in [0.29, 0.717) is 28.3 Å². The van der Waals surface area contributed by atoms with E-state index in [9.17, 15) is 18.0 Å². The number of esters is 1. The normalized spacial score (nSPS) is 11.8. The van der Waals surface area contributed by atoms with Crippen molar-refractivity contribution in [3.05, 3.63) is 71.0 Å². The highest BCUT2D eigenvalue weighted by Crippen LogP contribution is 2.31. The van der Waals surface area contributed by atoms with Gasteiger partial charge in [0.25, 0.3) is 0 Å². The molecule has 37 heavy (non-hydrogen) atoms. The van der Waals surface area contributed by atoms with Gasteiger partial charge in [-0.25, -0.2) is 14.8 Å². The monoisotopic (exact) mass is 518 g/mol. The molecule has 1 heterocycles. The Kier molecular flexibility index (Phi) is 8.75. The van der Waals surface area contributed by atoms with Crippen molar-refractivity contribution in [3.8, 4) is 22.9 Å². The minimum atomic E-state index is -4.42. The first-order valence-electron chi connectivity index (χ1n) is 11.6. The Hall–Kier alpha value is -3.66. The lowest BCUT2D eigenvalue weighted by Gasteiger charge is -2.25. The maximum Gasteiger partial charge on any atom is 0.416 e.